The van der Waals surface area contributed by atoms with Gasteiger partial charge in [0, 0.05) is 12.0 Å². The van der Waals surface area contributed by atoms with Crippen LogP contribution in [0, 0.1) is 10.8 Å². The van der Waals surface area contributed by atoms with Crippen molar-refractivity contribution in [3.63, 3.8) is 0 Å². The minimum Gasteiger partial charge on any atom is -0.460 e. The van der Waals surface area contributed by atoms with E-state index in [1.807, 2.05) is 37.3 Å². The van der Waals surface area contributed by atoms with E-state index in [2.05, 4.69) is 0 Å². The molecule has 0 aromatic heterocycles. The molecule has 1 aliphatic rings. The molecule has 2 rings (SSSR count). The SMILES string of the molecule is CCC(C)(C)C(=O)C(=O)N1CCCCC1C(=O)O[C@H](CCc1ccccc1)C(C)(C)C=O. The predicted molar refractivity (Wildman–Crippen MR) is 123 cm³/mol. The van der Waals surface area contributed by atoms with Gasteiger partial charge >= 0.3 is 5.97 Å². The summed E-state index contributed by atoms with van der Waals surface area (Å²) in [4.78, 5) is 52.1. The Morgan fingerprint density at radius 3 is 2.38 bits per heavy atom. The number of Topliss-reactive ketones (excluding diaryl/α,β-unsaturated/α-hetero) is 1. The molecule has 1 aromatic carbocycles. The normalized spacial score (nSPS) is 18.0. The number of nitrogens with zero attached hydrogens (tertiary/aromatic N) is 1. The van der Waals surface area contributed by atoms with Gasteiger partial charge in [0.15, 0.2) is 0 Å². The molecule has 1 saturated heterocycles. The van der Waals surface area contributed by atoms with Gasteiger partial charge in [0.1, 0.15) is 18.4 Å². The van der Waals surface area contributed by atoms with Gasteiger partial charge < -0.3 is 14.4 Å². The van der Waals surface area contributed by atoms with Crippen LogP contribution in [-0.4, -0.2) is 47.5 Å². The number of hydrogen-bond donors (Lipinski definition) is 0. The molecule has 1 fully saturated rings. The number of amides is 1. The summed E-state index contributed by atoms with van der Waals surface area (Å²) >= 11 is 0. The number of rotatable bonds is 10. The number of ketones is 1. The minimum atomic E-state index is -0.867. The lowest BCUT2D eigenvalue weighted by molar-refractivity contribution is -0.168. The molecular weight excluding hydrogens is 406 g/mol. The molecule has 0 saturated carbocycles. The fraction of sp³-hybridized carbons (Fsp3) is 0.615. The molecule has 1 unspecified atom stereocenters. The Kier molecular flexibility index (Phi) is 8.76. The van der Waals surface area contributed by atoms with Gasteiger partial charge in [0.25, 0.3) is 5.91 Å². The van der Waals surface area contributed by atoms with Crippen molar-refractivity contribution >= 4 is 23.9 Å². The van der Waals surface area contributed by atoms with Crippen molar-refractivity contribution in [2.24, 2.45) is 10.8 Å². The molecule has 6 nitrogen and oxygen atoms in total. The van der Waals surface area contributed by atoms with Crippen LogP contribution in [0.5, 0.6) is 0 Å². The number of ether oxygens (including phenoxy) is 1. The summed E-state index contributed by atoms with van der Waals surface area (Å²) in [6.45, 7) is 9.22. The van der Waals surface area contributed by atoms with Crippen LogP contribution in [0.15, 0.2) is 30.3 Å². The Hall–Kier alpha value is -2.50. The average Bonchev–Trinajstić information content (AvgIpc) is 2.81. The molecule has 2 atom stereocenters. The lowest BCUT2D eigenvalue weighted by Gasteiger charge is -2.37. The van der Waals surface area contributed by atoms with E-state index >= 15 is 0 Å². The number of esters is 1. The van der Waals surface area contributed by atoms with E-state index in [9.17, 15) is 19.2 Å². The van der Waals surface area contributed by atoms with Crippen molar-refractivity contribution in [1.82, 2.24) is 4.90 Å². The maximum Gasteiger partial charge on any atom is 0.329 e. The van der Waals surface area contributed by atoms with Crippen molar-refractivity contribution in [3.05, 3.63) is 35.9 Å². The van der Waals surface area contributed by atoms with Crippen LogP contribution in [0.25, 0.3) is 0 Å². The highest BCUT2D eigenvalue weighted by molar-refractivity contribution is 6.38. The first kappa shape index (κ1) is 25.8. The highest BCUT2D eigenvalue weighted by Crippen LogP contribution is 2.29. The summed E-state index contributed by atoms with van der Waals surface area (Å²) in [6, 6.07) is 9.02. The maximum atomic E-state index is 13.2. The van der Waals surface area contributed by atoms with Crippen LogP contribution in [0.1, 0.15) is 72.3 Å². The van der Waals surface area contributed by atoms with Gasteiger partial charge in [-0.3, -0.25) is 9.59 Å². The second-order valence-corrected chi connectivity index (χ2v) is 9.97. The van der Waals surface area contributed by atoms with E-state index < -0.39 is 40.6 Å². The summed E-state index contributed by atoms with van der Waals surface area (Å²) in [7, 11) is 0. The fourth-order valence-electron chi connectivity index (χ4n) is 3.82. The standard InChI is InChI=1S/C26H37NO5/c1-6-25(2,3)22(29)23(30)27-17-11-10-14-20(27)24(31)32-21(26(4,5)18-28)16-15-19-12-8-7-9-13-19/h7-9,12-13,18,20-21H,6,10-11,14-17H2,1-5H3/t20?,21-/m1/s1. The van der Waals surface area contributed by atoms with Crippen molar-refractivity contribution in [3.8, 4) is 0 Å². The Morgan fingerprint density at radius 1 is 1.12 bits per heavy atom. The molecule has 0 bridgehead atoms. The molecule has 6 heteroatoms. The van der Waals surface area contributed by atoms with Crippen LogP contribution in [0.3, 0.4) is 0 Å². The molecular formula is C26H37NO5. The number of aldehydes is 1. The first-order valence-corrected chi connectivity index (χ1v) is 11.6. The number of carbonyl (C=O) groups excluding carboxylic acids is 4. The third-order valence-electron chi connectivity index (χ3n) is 6.66. The molecule has 0 N–H and O–H groups in total. The van der Waals surface area contributed by atoms with Crippen LogP contribution in [-0.2, 0) is 30.3 Å². The van der Waals surface area contributed by atoms with Gasteiger partial charge in [0.2, 0.25) is 5.78 Å². The molecule has 0 radical (unpaired) electrons. The fourth-order valence-corrected chi connectivity index (χ4v) is 3.82. The van der Waals surface area contributed by atoms with E-state index in [1.165, 1.54) is 4.90 Å². The van der Waals surface area contributed by atoms with Crippen LogP contribution < -0.4 is 0 Å². The second kappa shape index (κ2) is 10.9. The van der Waals surface area contributed by atoms with Gasteiger partial charge in [-0.25, -0.2) is 4.79 Å². The molecule has 0 spiro atoms. The highest BCUT2D eigenvalue weighted by Gasteiger charge is 2.42. The van der Waals surface area contributed by atoms with Crippen LogP contribution in [0.2, 0.25) is 0 Å². The summed E-state index contributed by atoms with van der Waals surface area (Å²) in [6.07, 6.45) is 3.85. The predicted octanol–water partition coefficient (Wildman–Crippen LogP) is 4.14. The first-order chi connectivity index (χ1) is 15.0. The van der Waals surface area contributed by atoms with Gasteiger partial charge in [0.05, 0.1) is 5.41 Å². The van der Waals surface area contributed by atoms with Crippen LogP contribution in [0.4, 0.5) is 0 Å². The Bertz CT molecular complexity index is 815. The summed E-state index contributed by atoms with van der Waals surface area (Å²) in [5.74, 6) is -1.63. The van der Waals surface area contributed by atoms with Gasteiger partial charge in [-0.15, -0.1) is 0 Å². The maximum absolute atomic E-state index is 13.2. The van der Waals surface area contributed by atoms with Crippen LogP contribution >= 0.6 is 0 Å². The Labute approximate surface area is 191 Å². The van der Waals surface area contributed by atoms with E-state index in [-0.39, 0.29) is 0 Å². The minimum absolute atomic E-state index is 0.357. The lowest BCUT2D eigenvalue weighted by atomic mass is 9.84. The summed E-state index contributed by atoms with van der Waals surface area (Å²) < 4.78 is 5.86. The molecule has 1 amide bonds. The first-order valence-electron chi connectivity index (χ1n) is 11.6. The Balaban J connectivity index is 2.17. The van der Waals surface area contributed by atoms with E-state index in [0.717, 1.165) is 24.7 Å². The number of benzene rings is 1. The summed E-state index contributed by atoms with van der Waals surface area (Å²) in [5.41, 5.74) is -0.550. The zero-order valence-electron chi connectivity index (χ0n) is 20.1. The number of aryl methyl sites for hydroxylation is 1. The van der Waals surface area contributed by atoms with Crippen molar-refractivity contribution in [1.29, 1.82) is 0 Å². The quantitative estimate of drug-likeness (QED) is 0.308. The molecule has 1 aromatic rings. The van der Waals surface area contributed by atoms with Gasteiger partial charge in [-0.2, -0.15) is 0 Å². The number of carbonyl (C=O) groups is 4. The molecule has 0 aliphatic carbocycles. The third kappa shape index (κ3) is 6.27. The number of likely N-dealkylation sites (tertiary alicyclic amines) is 1. The topological polar surface area (TPSA) is 80.8 Å². The van der Waals surface area contributed by atoms with E-state index in [4.69, 9.17) is 4.74 Å². The van der Waals surface area contributed by atoms with E-state index in [0.29, 0.717) is 32.2 Å². The smallest absolute Gasteiger partial charge is 0.329 e. The van der Waals surface area contributed by atoms with Crippen molar-refractivity contribution in [2.45, 2.75) is 85.3 Å². The lowest BCUT2D eigenvalue weighted by Crippen LogP contribution is -2.54. The van der Waals surface area contributed by atoms with Crippen molar-refractivity contribution < 1.29 is 23.9 Å². The van der Waals surface area contributed by atoms with Crippen molar-refractivity contribution in [2.75, 3.05) is 6.54 Å². The number of hydrogen-bond acceptors (Lipinski definition) is 5. The zero-order valence-corrected chi connectivity index (χ0v) is 20.1. The largest absolute Gasteiger partial charge is 0.460 e. The molecule has 32 heavy (non-hydrogen) atoms. The highest BCUT2D eigenvalue weighted by atomic mass is 16.5. The van der Waals surface area contributed by atoms with Gasteiger partial charge in [-0.05, 0) is 57.9 Å². The van der Waals surface area contributed by atoms with Gasteiger partial charge in [-0.1, -0.05) is 51.1 Å². The Morgan fingerprint density at radius 2 is 1.78 bits per heavy atom. The van der Waals surface area contributed by atoms with E-state index in [1.54, 1.807) is 27.7 Å². The zero-order chi connectivity index (χ0) is 23.9. The molecule has 176 valence electrons. The second-order valence-electron chi connectivity index (χ2n) is 9.97. The average molecular weight is 444 g/mol. The third-order valence-corrected chi connectivity index (χ3v) is 6.66. The molecule has 1 aliphatic heterocycles. The summed E-state index contributed by atoms with van der Waals surface area (Å²) in [5, 5.41) is 0. The number of piperidine rings is 1. The molecule has 1 heterocycles. The monoisotopic (exact) mass is 443 g/mol.